The highest BCUT2D eigenvalue weighted by Gasteiger charge is 2.28. The Morgan fingerprint density at radius 1 is 1.03 bits per heavy atom. The fraction of sp³-hybridized carbons (Fsp3) is 0.417. The van der Waals surface area contributed by atoms with Crippen molar-refractivity contribution in [2.75, 3.05) is 67.7 Å². The van der Waals surface area contributed by atoms with Crippen LogP contribution >= 0.6 is 11.6 Å². The van der Waals surface area contributed by atoms with Crippen LogP contribution in [-0.4, -0.2) is 79.0 Å². The van der Waals surface area contributed by atoms with Crippen molar-refractivity contribution in [1.29, 1.82) is 0 Å². The lowest BCUT2D eigenvalue weighted by atomic mass is 10.1. The van der Waals surface area contributed by atoms with Crippen LogP contribution in [0.25, 0.3) is 11.3 Å². The van der Waals surface area contributed by atoms with E-state index in [0.29, 0.717) is 49.6 Å². The molecule has 0 N–H and O–H groups in total. The summed E-state index contributed by atoms with van der Waals surface area (Å²) in [5.74, 6) is 1.87. The largest absolute Gasteiger partial charge is 0.467 e. The third kappa shape index (κ3) is 5.08. The SMILES string of the molecule is COc1ncc(Cl)c(N2CCN(c3cc(-c4ccc(F)cc4)nc(N4CCOCC4)n3)[C@H](C)C2)n1. The molecule has 0 amide bonds. The van der Waals surface area contributed by atoms with Crippen molar-refractivity contribution in [1.82, 2.24) is 19.9 Å². The molecule has 184 valence electrons. The van der Waals surface area contributed by atoms with Crippen molar-refractivity contribution < 1.29 is 13.9 Å². The summed E-state index contributed by atoms with van der Waals surface area (Å²) in [5, 5.41) is 0.488. The highest BCUT2D eigenvalue weighted by atomic mass is 35.5. The summed E-state index contributed by atoms with van der Waals surface area (Å²) in [6, 6.07) is 8.78. The van der Waals surface area contributed by atoms with Gasteiger partial charge in [-0.1, -0.05) is 11.6 Å². The Morgan fingerprint density at radius 3 is 2.51 bits per heavy atom. The van der Waals surface area contributed by atoms with Gasteiger partial charge in [-0.25, -0.2) is 14.4 Å². The van der Waals surface area contributed by atoms with Crippen LogP contribution in [0.15, 0.2) is 36.5 Å². The summed E-state index contributed by atoms with van der Waals surface area (Å²) in [4.78, 5) is 24.8. The van der Waals surface area contributed by atoms with Gasteiger partial charge in [0.1, 0.15) is 16.7 Å². The molecule has 0 radical (unpaired) electrons. The zero-order valence-corrected chi connectivity index (χ0v) is 20.5. The van der Waals surface area contributed by atoms with Gasteiger partial charge in [-0.15, -0.1) is 0 Å². The molecule has 0 spiro atoms. The molecule has 2 aliphatic rings. The van der Waals surface area contributed by atoms with E-state index in [-0.39, 0.29) is 17.9 Å². The second-order valence-corrected chi connectivity index (χ2v) is 8.94. The number of methoxy groups -OCH3 is 1. The van der Waals surface area contributed by atoms with E-state index in [1.807, 2.05) is 6.07 Å². The lowest BCUT2D eigenvalue weighted by Gasteiger charge is -2.41. The zero-order chi connectivity index (χ0) is 24.4. The Morgan fingerprint density at radius 2 is 1.80 bits per heavy atom. The van der Waals surface area contributed by atoms with Crippen LogP contribution in [0, 0.1) is 5.82 Å². The molecule has 0 bridgehead atoms. The van der Waals surface area contributed by atoms with Gasteiger partial charge in [-0.2, -0.15) is 9.97 Å². The van der Waals surface area contributed by atoms with Crippen LogP contribution in [0.3, 0.4) is 0 Å². The molecular formula is C24H27ClFN7O2. The van der Waals surface area contributed by atoms with Crippen molar-refractivity contribution in [2.45, 2.75) is 13.0 Å². The van der Waals surface area contributed by atoms with Crippen molar-refractivity contribution in [3.63, 3.8) is 0 Å². The lowest BCUT2D eigenvalue weighted by molar-refractivity contribution is 0.122. The number of rotatable bonds is 5. The third-order valence-corrected chi connectivity index (χ3v) is 6.51. The van der Waals surface area contributed by atoms with Gasteiger partial charge >= 0.3 is 6.01 Å². The molecule has 3 aromatic rings. The molecule has 11 heteroatoms. The molecule has 35 heavy (non-hydrogen) atoms. The molecule has 0 saturated carbocycles. The zero-order valence-electron chi connectivity index (χ0n) is 19.7. The van der Waals surface area contributed by atoms with Gasteiger partial charge in [0.05, 0.1) is 32.2 Å². The van der Waals surface area contributed by atoms with Crippen LogP contribution in [0.4, 0.5) is 22.0 Å². The molecule has 1 atom stereocenters. The molecule has 0 aliphatic carbocycles. The van der Waals surface area contributed by atoms with Crippen LogP contribution in [0.2, 0.25) is 5.02 Å². The Bertz CT molecular complexity index is 1180. The minimum absolute atomic E-state index is 0.120. The molecule has 2 aliphatic heterocycles. The van der Waals surface area contributed by atoms with E-state index in [0.717, 1.165) is 30.2 Å². The summed E-state index contributed by atoms with van der Waals surface area (Å²) in [6.45, 7) is 6.98. The number of ether oxygens (including phenoxy) is 2. The molecular weight excluding hydrogens is 473 g/mol. The molecule has 5 rings (SSSR count). The van der Waals surface area contributed by atoms with Gasteiger partial charge < -0.3 is 24.2 Å². The first-order valence-corrected chi connectivity index (χ1v) is 12.0. The van der Waals surface area contributed by atoms with Crippen molar-refractivity contribution >= 4 is 29.2 Å². The standard InChI is InChI=1S/C24H27ClFN7O2/c1-16-15-32(22-19(25)14-27-24(30-22)34-2)7-8-33(16)21-13-20(17-3-5-18(26)6-4-17)28-23(29-21)31-9-11-35-12-10-31/h3-6,13-14,16H,7-12,15H2,1-2H3/t16-/m1/s1. The van der Waals surface area contributed by atoms with E-state index in [1.165, 1.54) is 19.2 Å². The number of halogens is 2. The highest BCUT2D eigenvalue weighted by molar-refractivity contribution is 6.32. The van der Waals surface area contributed by atoms with Crippen LogP contribution in [-0.2, 0) is 4.74 Å². The number of piperazine rings is 1. The van der Waals surface area contributed by atoms with Crippen molar-refractivity contribution in [3.8, 4) is 17.3 Å². The average molecular weight is 500 g/mol. The van der Waals surface area contributed by atoms with E-state index in [1.54, 1.807) is 18.3 Å². The second kappa shape index (κ2) is 10.2. The van der Waals surface area contributed by atoms with Gasteiger partial charge in [0.15, 0.2) is 5.82 Å². The lowest BCUT2D eigenvalue weighted by Crippen LogP contribution is -2.53. The minimum atomic E-state index is -0.277. The maximum Gasteiger partial charge on any atom is 0.318 e. The summed E-state index contributed by atoms with van der Waals surface area (Å²) in [6.07, 6.45) is 1.56. The first kappa shape index (κ1) is 23.5. The summed E-state index contributed by atoms with van der Waals surface area (Å²) < 4.78 is 24.2. The number of morpholine rings is 1. The quantitative estimate of drug-likeness (QED) is 0.525. The van der Waals surface area contributed by atoms with Gasteiger partial charge in [0.2, 0.25) is 5.95 Å². The summed E-state index contributed by atoms with van der Waals surface area (Å²) in [7, 11) is 1.54. The molecule has 1 aromatic carbocycles. The summed E-state index contributed by atoms with van der Waals surface area (Å²) >= 11 is 6.40. The maximum atomic E-state index is 13.6. The first-order chi connectivity index (χ1) is 17.0. The number of anilines is 3. The van der Waals surface area contributed by atoms with Gasteiger partial charge in [0, 0.05) is 50.4 Å². The molecule has 9 nitrogen and oxygen atoms in total. The highest BCUT2D eigenvalue weighted by Crippen LogP contribution is 2.31. The molecule has 0 unspecified atom stereocenters. The van der Waals surface area contributed by atoms with Crippen LogP contribution in [0.5, 0.6) is 6.01 Å². The predicted molar refractivity (Wildman–Crippen MR) is 133 cm³/mol. The first-order valence-electron chi connectivity index (χ1n) is 11.6. The smallest absolute Gasteiger partial charge is 0.318 e. The topological polar surface area (TPSA) is 79.7 Å². The molecule has 4 heterocycles. The monoisotopic (exact) mass is 499 g/mol. The fourth-order valence-corrected chi connectivity index (χ4v) is 4.61. The fourth-order valence-electron chi connectivity index (χ4n) is 4.40. The normalized spacial score (nSPS) is 18.6. The van der Waals surface area contributed by atoms with Gasteiger partial charge in [0.25, 0.3) is 0 Å². The number of benzene rings is 1. The second-order valence-electron chi connectivity index (χ2n) is 8.53. The van der Waals surface area contributed by atoms with E-state index in [9.17, 15) is 4.39 Å². The number of hydrogen-bond donors (Lipinski definition) is 0. The van der Waals surface area contributed by atoms with E-state index < -0.39 is 0 Å². The van der Waals surface area contributed by atoms with Crippen molar-refractivity contribution in [2.24, 2.45) is 0 Å². The van der Waals surface area contributed by atoms with E-state index in [2.05, 4.69) is 31.6 Å². The Hall–Kier alpha value is -3.24. The molecule has 2 saturated heterocycles. The Labute approximate surface area is 208 Å². The Kier molecular flexibility index (Phi) is 6.83. The minimum Gasteiger partial charge on any atom is -0.467 e. The van der Waals surface area contributed by atoms with Crippen LogP contribution < -0.4 is 19.4 Å². The maximum absolute atomic E-state index is 13.6. The summed E-state index contributed by atoms with van der Waals surface area (Å²) in [5.41, 5.74) is 1.60. The molecule has 2 aromatic heterocycles. The van der Waals surface area contributed by atoms with Gasteiger partial charge in [-0.05, 0) is 31.2 Å². The third-order valence-electron chi connectivity index (χ3n) is 6.24. The van der Waals surface area contributed by atoms with Gasteiger partial charge in [-0.3, -0.25) is 0 Å². The van der Waals surface area contributed by atoms with E-state index >= 15 is 0 Å². The predicted octanol–water partition coefficient (Wildman–Crippen LogP) is 3.29. The number of aromatic nitrogens is 4. The average Bonchev–Trinajstić information content (AvgIpc) is 2.89. The van der Waals surface area contributed by atoms with E-state index in [4.69, 9.17) is 31.0 Å². The van der Waals surface area contributed by atoms with Crippen LogP contribution in [0.1, 0.15) is 6.92 Å². The number of nitrogens with zero attached hydrogens (tertiary/aromatic N) is 7. The Balaban J connectivity index is 1.44. The van der Waals surface area contributed by atoms with Crippen molar-refractivity contribution in [3.05, 3.63) is 47.4 Å². The number of hydrogen-bond acceptors (Lipinski definition) is 9. The molecule has 2 fully saturated rings.